The van der Waals surface area contributed by atoms with Gasteiger partial charge in [0.2, 0.25) is 0 Å². The van der Waals surface area contributed by atoms with Crippen molar-refractivity contribution in [3.05, 3.63) is 35.9 Å². The van der Waals surface area contributed by atoms with Gasteiger partial charge in [-0.1, -0.05) is 51.1 Å². The minimum absolute atomic E-state index is 0.00340. The molecule has 2 N–H and O–H groups in total. The predicted octanol–water partition coefficient (Wildman–Crippen LogP) is 4.39. The van der Waals surface area contributed by atoms with Crippen molar-refractivity contribution >= 4 is 6.09 Å². The number of nitrogens with zero attached hydrogens (tertiary/aromatic N) is 1. The van der Waals surface area contributed by atoms with Crippen molar-refractivity contribution in [1.29, 1.82) is 0 Å². The van der Waals surface area contributed by atoms with E-state index in [1.54, 1.807) is 0 Å². The largest absolute Gasteiger partial charge is 0.444 e. The normalized spacial score (nSPS) is 24.1. The van der Waals surface area contributed by atoms with Gasteiger partial charge in [0, 0.05) is 19.3 Å². The minimum atomic E-state index is -0.597. The highest BCUT2D eigenvalue weighted by atomic mass is 16.6. The van der Waals surface area contributed by atoms with Crippen molar-refractivity contribution in [3.63, 3.8) is 0 Å². The van der Waals surface area contributed by atoms with Crippen LogP contribution in [0.15, 0.2) is 30.3 Å². The van der Waals surface area contributed by atoms with Gasteiger partial charge in [-0.15, -0.1) is 0 Å². The van der Waals surface area contributed by atoms with Gasteiger partial charge < -0.3 is 14.9 Å². The molecule has 0 aliphatic heterocycles. The Balaban J connectivity index is 2.48. The van der Waals surface area contributed by atoms with Crippen LogP contribution in [-0.2, 0) is 4.74 Å². The van der Waals surface area contributed by atoms with Crippen LogP contribution in [0.25, 0.3) is 0 Å². The number of benzene rings is 1. The molecule has 5 nitrogen and oxygen atoms in total. The summed E-state index contributed by atoms with van der Waals surface area (Å²) in [6.45, 7) is 12.1. The van der Waals surface area contributed by atoms with Gasteiger partial charge in [-0.25, -0.2) is 4.79 Å². The molecule has 3 atom stereocenters. The van der Waals surface area contributed by atoms with Crippen LogP contribution in [0, 0.1) is 17.3 Å². The molecule has 158 valence electrons. The van der Waals surface area contributed by atoms with Gasteiger partial charge in [0.1, 0.15) is 5.60 Å². The van der Waals surface area contributed by atoms with Crippen molar-refractivity contribution < 1.29 is 19.7 Å². The van der Waals surface area contributed by atoms with Crippen LogP contribution in [0.5, 0.6) is 0 Å². The second kappa shape index (κ2) is 8.83. The Kier molecular flexibility index (Phi) is 7.16. The van der Waals surface area contributed by atoms with Crippen molar-refractivity contribution in [2.45, 2.75) is 72.1 Å². The fourth-order valence-electron chi connectivity index (χ4n) is 4.35. The summed E-state index contributed by atoms with van der Waals surface area (Å²) in [4.78, 5) is 15.2. The topological polar surface area (TPSA) is 70.0 Å². The number of carbonyl (C=O) groups is 1. The number of ether oxygens (including phenoxy) is 1. The Morgan fingerprint density at radius 3 is 1.93 bits per heavy atom. The van der Waals surface area contributed by atoms with Gasteiger partial charge in [0.15, 0.2) is 0 Å². The Bertz CT molecular complexity index is 620. The van der Waals surface area contributed by atoms with E-state index >= 15 is 0 Å². The average molecular weight is 392 g/mol. The van der Waals surface area contributed by atoms with Gasteiger partial charge in [-0.3, -0.25) is 4.90 Å². The zero-order valence-corrected chi connectivity index (χ0v) is 18.2. The first-order valence-corrected chi connectivity index (χ1v) is 10.3. The second-order valence-electron chi connectivity index (χ2n) is 10.1. The molecule has 28 heavy (non-hydrogen) atoms. The molecule has 1 aliphatic carbocycles. The summed E-state index contributed by atoms with van der Waals surface area (Å²) >= 11 is 0. The van der Waals surface area contributed by atoms with Crippen LogP contribution in [0.3, 0.4) is 0 Å². The third-order valence-corrected chi connectivity index (χ3v) is 5.50. The first-order valence-electron chi connectivity index (χ1n) is 10.3. The molecule has 0 radical (unpaired) electrons. The zero-order valence-electron chi connectivity index (χ0n) is 18.2. The molecule has 5 heteroatoms. The van der Waals surface area contributed by atoms with E-state index in [1.165, 1.54) is 0 Å². The molecule has 0 saturated heterocycles. The number of amides is 1. The molecule has 2 rings (SSSR count). The van der Waals surface area contributed by atoms with Crippen LogP contribution in [-0.4, -0.2) is 46.1 Å². The summed E-state index contributed by atoms with van der Waals surface area (Å²) in [7, 11) is 0. The Morgan fingerprint density at radius 1 is 1.04 bits per heavy atom. The maximum atomic E-state index is 13.4. The number of hydrogen-bond donors (Lipinski definition) is 2. The molecule has 0 heterocycles. The van der Waals surface area contributed by atoms with E-state index in [2.05, 4.69) is 32.9 Å². The summed E-state index contributed by atoms with van der Waals surface area (Å²) < 4.78 is 5.81. The standard InChI is InChI=1S/C23H37NO4/c1-22(2,3)20(16-10-8-7-9-11-16)24(21(27)28-23(4,5)6)19-12-17(14-25)18(13-19)15-26/h7-11,17-20,25-26H,12-15H2,1-6H3. The van der Waals surface area contributed by atoms with Gasteiger partial charge in [-0.2, -0.15) is 0 Å². The van der Waals surface area contributed by atoms with Crippen LogP contribution >= 0.6 is 0 Å². The number of carbonyl (C=O) groups excluding carboxylic acids is 1. The molecule has 1 aliphatic rings. The van der Waals surface area contributed by atoms with Crippen LogP contribution < -0.4 is 0 Å². The molecule has 0 bridgehead atoms. The second-order valence-corrected chi connectivity index (χ2v) is 10.1. The summed E-state index contributed by atoms with van der Waals surface area (Å²) in [5, 5.41) is 19.5. The van der Waals surface area contributed by atoms with E-state index in [1.807, 2.05) is 43.9 Å². The van der Waals surface area contributed by atoms with E-state index in [0.717, 1.165) is 5.56 Å². The summed E-state index contributed by atoms with van der Waals surface area (Å²) in [5.41, 5.74) is 0.248. The highest BCUT2D eigenvalue weighted by molar-refractivity contribution is 5.69. The third-order valence-electron chi connectivity index (χ3n) is 5.50. The smallest absolute Gasteiger partial charge is 0.411 e. The lowest BCUT2D eigenvalue weighted by Crippen LogP contribution is -2.48. The molecule has 1 saturated carbocycles. The van der Waals surface area contributed by atoms with Gasteiger partial charge in [0.05, 0.1) is 6.04 Å². The van der Waals surface area contributed by atoms with Crippen molar-refractivity contribution in [1.82, 2.24) is 4.90 Å². The van der Waals surface area contributed by atoms with Gasteiger partial charge >= 0.3 is 6.09 Å². The van der Waals surface area contributed by atoms with Crippen molar-refractivity contribution in [3.8, 4) is 0 Å². The number of aliphatic hydroxyl groups is 2. The van der Waals surface area contributed by atoms with E-state index in [4.69, 9.17) is 4.74 Å². The summed E-state index contributed by atoms with van der Waals surface area (Å²) in [6, 6.07) is 9.79. The minimum Gasteiger partial charge on any atom is -0.444 e. The fraction of sp³-hybridized carbons (Fsp3) is 0.696. The Hall–Kier alpha value is -1.59. The molecular formula is C23H37NO4. The van der Waals surface area contributed by atoms with E-state index in [9.17, 15) is 15.0 Å². The molecule has 3 unspecified atom stereocenters. The third kappa shape index (κ3) is 5.48. The van der Waals surface area contributed by atoms with Crippen molar-refractivity contribution in [2.75, 3.05) is 13.2 Å². The molecule has 0 spiro atoms. The average Bonchev–Trinajstić information content (AvgIpc) is 3.00. The molecular weight excluding hydrogens is 354 g/mol. The highest BCUT2D eigenvalue weighted by Gasteiger charge is 2.45. The zero-order chi connectivity index (χ0) is 21.1. The predicted molar refractivity (Wildman–Crippen MR) is 111 cm³/mol. The maximum Gasteiger partial charge on any atom is 0.411 e. The first-order chi connectivity index (χ1) is 13.0. The number of hydrogen-bond acceptors (Lipinski definition) is 4. The first kappa shape index (κ1) is 22.7. The summed E-state index contributed by atoms with van der Waals surface area (Å²) in [6.07, 6.45) is 0.998. The lowest BCUT2D eigenvalue weighted by atomic mass is 9.80. The van der Waals surface area contributed by atoms with E-state index < -0.39 is 5.60 Å². The Labute approximate surface area is 169 Å². The van der Waals surface area contributed by atoms with Crippen molar-refractivity contribution in [2.24, 2.45) is 17.3 Å². The lowest BCUT2D eigenvalue weighted by Gasteiger charge is -2.44. The Morgan fingerprint density at radius 2 is 1.54 bits per heavy atom. The van der Waals surface area contributed by atoms with Gasteiger partial charge in [0.25, 0.3) is 0 Å². The summed E-state index contributed by atoms with van der Waals surface area (Å²) in [5.74, 6) is -0.00680. The van der Waals surface area contributed by atoms with Crippen LogP contribution in [0.2, 0.25) is 0 Å². The maximum absolute atomic E-state index is 13.4. The van der Waals surface area contributed by atoms with Crippen LogP contribution in [0.1, 0.15) is 66.0 Å². The molecule has 1 fully saturated rings. The highest BCUT2D eigenvalue weighted by Crippen LogP contribution is 2.45. The van der Waals surface area contributed by atoms with E-state index in [0.29, 0.717) is 12.8 Å². The van der Waals surface area contributed by atoms with Crippen LogP contribution in [0.4, 0.5) is 4.79 Å². The quantitative estimate of drug-likeness (QED) is 0.781. The molecule has 0 aromatic heterocycles. The fourth-order valence-corrected chi connectivity index (χ4v) is 4.35. The molecule has 1 aromatic carbocycles. The van der Waals surface area contributed by atoms with E-state index in [-0.39, 0.29) is 48.6 Å². The number of rotatable bonds is 5. The monoisotopic (exact) mass is 391 g/mol. The molecule has 1 aromatic rings. The molecule has 1 amide bonds. The SMILES string of the molecule is CC(C)(C)OC(=O)N(C1CC(CO)C(CO)C1)C(c1ccccc1)C(C)(C)C. The number of aliphatic hydroxyl groups excluding tert-OH is 2. The lowest BCUT2D eigenvalue weighted by molar-refractivity contribution is -0.0132. The van der Waals surface area contributed by atoms with Gasteiger partial charge in [-0.05, 0) is 56.4 Å².